The van der Waals surface area contributed by atoms with Crippen LogP contribution in [-0.4, -0.2) is 30.8 Å². The van der Waals surface area contributed by atoms with Crippen molar-refractivity contribution in [2.24, 2.45) is 5.92 Å². The predicted molar refractivity (Wildman–Crippen MR) is 132 cm³/mol. The number of hydrogen-bond donors (Lipinski definition) is 3. The number of anilines is 2. The first kappa shape index (κ1) is 22.7. The van der Waals surface area contributed by atoms with E-state index in [1.165, 1.54) is 11.3 Å². The number of amides is 2. The maximum atomic E-state index is 12.3. The molecule has 1 saturated heterocycles. The molecule has 0 unspecified atom stereocenters. The molecule has 0 atom stereocenters. The molecule has 0 radical (unpaired) electrons. The summed E-state index contributed by atoms with van der Waals surface area (Å²) in [5, 5.41) is 15.0. The van der Waals surface area contributed by atoms with Crippen LogP contribution < -0.4 is 20.3 Å². The molecule has 0 aromatic heterocycles. The quantitative estimate of drug-likeness (QED) is 0.460. The van der Waals surface area contributed by atoms with Gasteiger partial charge in [0.2, 0.25) is 0 Å². The summed E-state index contributed by atoms with van der Waals surface area (Å²) in [7, 11) is 0. The van der Waals surface area contributed by atoms with Crippen molar-refractivity contribution < 1.29 is 14.6 Å². The lowest BCUT2D eigenvalue weighted by molar-refractivity contribution is 0.203. The van der Waals surface area contributed by atoms with Gasteiger partial charge >= 0.3 is 6.03 Å². The highest BCUT2D eigenvalue weighted by Gasteiger charge is 2.18. The molecule has 3 aromatic rings. The predicted octanol–water partition coefficient (Wildman–Crippen LogP) is 5.32. The van der Waals surface area contributed by atoms with Gasteiger partial charge in [-0.2, -0.15) is 0 Å². The van der Waals surface area contributed by atoms with Crippen molar-refractivity contribution in [1.82, 2.24) is 5.32 Å². The Kier molecular flexibility index (Phi) is 7.47. The molecule has 6 heteroatoms. The monoisotopic (exact) mass is 445 g/mol. The number of urea groups is 1. The van der Waals surface area contributed by atoms with Crippen LogP contribution in [0.25, 0.3) is 0 Å². The van der Waals surface area contributed by atoms with Crippen LogP contribution in [0, 0.1) is 12.8 Å². The number of carbonyl (C=O) groups is 1. The standard InChI is InChI=1S/C27H31N3O3/c1-20-2-10-25(11-3-20)33-26-12-6-23(7-13-26)29-27(32)28-18-21-4-8-24(9-5-21)30-16-14-22(19-31)15-17-30/h2-13,22,31H,14-19H2,1H3,(H2,28,29,32). The van der Waals surface area contributed by atoms with E-state index < -0.39 is 0 Å². The molecular weight excluding hydrogens is 414 g/mol. The number of hydrogen-bond acceptors (Lipinski definition) is 4. The summed E-state index contributed by atoms with van der Waals surface area (Å²) < 4.78 is 5.82. The summed E-state index contributed by atoms with van der Waals surface area (Å²) in [4.78, 5) is 14.6. The van der Waals surface area contributed by atoms with E-state index in [1.807, 2.05) is 67.6 Å². The van der Waals surface area contributed by atoms with Crippen molar-refractivity contribution in [3.8, 4) is 11.5 Å². The maximum absolute atomic E-state index is 12.3. The van der Waals surface area contributed by atoms with Gasteiger partial charge in [-0.05, 0) is 79.8 Å². The highest BCUT2D eigenvalue weighted by molar-refractivity contribution is 5.89. The molecule has 0 spiro atoms. The van der Waals surface area contributed by atoms with E-state index in [4.69, 9.17) is 4.74 Å². The van der Waals surface area contributed by atoms with Crippen LogP contribution in [0.5, 0.6) is 11.5 Å². The molecule has 2 amide bonds. The van der Waals surface area contributed by atoms with Crippen LogP contribution in [0.2, 0.25) is 0 Å². The first-order chi connectivity index (χ1) is 16.1. The van der Waals surface area contributed by atoms with E-state index in [9.17, 15) is 9.90 Å². The van der Waals surface area contributed by atoms with E-state index in [-0.39, 0.29) is 12.6 Å². The molecule has 33 heavy (non-hydrogen) atoms. The average Bonchev–Trinajstić information content (AvgIpc) is 2.86. The van der Waals surface area contributed by atoms with Crippen LogP contribution in [0.3, 0.4) is 0 Å². The highest BCUT2D eigenvalue weighted by atomic mass is 16.5. The summed E-state index contributed by atoms with van der Waals surface area (Å²) in [6.45, 7) is 4.72. The zero-order valence-electron chi connectivity index (χ0n) is 19.0. The number of aryl methyl sites for hydroxylation is 1. The summed E-state index contributed by atoms with van der Waals surface area (Å²) in [5.74, 6) is 1.92. The molecule has 3 N–H and O–H groups in total. The topological polar surface area (TPSA) is 73.8 Å². The van der Waals surface area contributed by atoms with E-state index in [0.29, 0.717) is 23.9 Å². The van der Waals surface area contributed by atoms with Crippen LogP contribution in [-0.2, 0) is 6.54 Å². The Morgan fingerprint density at radius 2 is 1.55 bits per heavy atom. The van der Waals surface area contributed by atoms with E-state index >= 15 is 0 Å². The summed E-state index contributed by atoms with van der Waals surface area (Å²) >= 11 is 0. The van der Waals surface area contributed by atoms with Crippen molar-refractivity contribution in [3.63, 3.8) is 0 Å². The third-order valence-corrected chi connectivity index (χ3v) is 6.00. The van der Waals surface area contributed by atoms with Gasteiger partial charge in [0.05, 0.1) is 0 Å². The molecule has 0 aliphatic carbocycles. The fraction of sp³-hybridized carbons (Fsp3) is 0.296. The summed E-state index contributed by atoms with van der Waals surface area (Å²) in [6.07, 6.45) is 2.05. The second-order valence-electron chi connectivity index (χ2n) is 8.53. The Morgan fingerprint density at radius 3 is 2.15 bits per heavy atom. The number of piperidine rings is 1. The number of nitrogens with one attached hydrogen (secondary N) is 2. The molecule has 0 bridgehead atoms. The molecule has 6 nitrogen and oxygen atoms in total. The number of aliphatic hydroxyl groups excluding tert-OH is 1. The van der Waals surface area contributed by atoms with Crippen molar-refractivity contribution in [2.75, 3.05) is 29.9 Å². The third kappa shape index (κ3) is 6.49. The first-order valence-corrected chi connectivity index (χ1v) is 11.4. The zero-order valence-corrected chi connectivity index (χ0v) is 19.0. The lowest BCUT2D eigenvalue weighted by atomic mass is 9.97. The second kappa shape index (κ2) is 10.9. The molecule has 1 aliphatic rings. The minimum atomic E-state index is -0.252. The molecule has 4 rings (SSSR count). The minimum absolute atomic E-state index is 0.252. The van der Waals surface area contributed by atoms with Crippen LogP contribution in [0.4, 0.5) is 16.2 Å². The van der Waals surface area contributed by atoms with Crippen LogP contribution in [0.15, 0.2) is 72.8 Å². The number of benzene rings is 3. The third-order valence-electron chi connectivity index (χ3n) is 6.00. The van der Waals surface area contributed by atoms with Gasteiger partial charge in [-0.3, -0.25) is 0 Å². The number of nitrogens with zero attached hydrogens (tertiary/aromatic N) is 1. The van der Waals surface area contributed by atoms with Gasteiger partial charge in [0.1, 0.15) is 11.5 Å². The van der Waals surface area contributed by atoms with Crippen LogP contribution in [0.1, 0.15) is 24.0 Å². The summed E-state index contributed by atoms with van der Waals surface area (Å²) in [5.41, 5.74) is 4.11. The molecular formula is C27H31N3O3. The smallest absolute Gasteiger partial charge is 0.319 e. The van der Waals surface area contributed by atoms with Gasteiger partial charge in [-0.1, -0.05) is 29.8 Å². The Labute approximate surface area is 195 Å². The molecule has 1 fully saturated rings. The Hall–Kier alpha value is -3.51. The van der Waals surface area contributed by atoms with Gasteiger partial charge in [0.15, 0.2) is 0 Å². The van der Waals surface area contributed by atoms with Crippen molar-refractivity contribution in [2.45, 2.75) is 26.3 Å². The Morgan fingerprint density at radius 1 is 0.939 bits per heavy atom. The van der Waals surface area contributed by atoms with Crippen molar-refractivity contribution in [1.29, 1.82) is 0 Å². The van der Waals surface area contributed by atoms with E-state index in [2.05, 4.69) is 27.7 Å². The molecule has 3 aromatic carbocycles. The fourth-order valence-electron chi connectivity index (χ4n) is 3.90. The molecule has 0 saturated carbocycles. The number of aliphatic hydroxyl groups is 1. The van der Waals surface area contributed by atoms with Gasteiger partial charge < -0.3 is 25.4 Å². The molecule has 1 aliphatic heterocycles. The Balaban J connectivity index is 1.22. The number of ether oxygens (including phenoxy) is 1. The number of rotatable bonds is 7. The largest absolute Gasteiger partial charge is 0.457 e. The van der Waals surface area contributed by atoms with Gasteiger partial charge in [-0.25, -0.2) is 4.79 Å². The molecule has 1 heterocycles. The summed E-state index contributed by atoms with van der Waals surface area (Å²) in [6, 6.07) is 23.2. The maximum Gasteiger partial charge on any atom is 0.319 e. The van der Waals surface area contributed by atoms with Gasteiger partial charge in [0, 0.05) is 37.6 Å². The second-order valence-corrected chi connectivity index (χ2v) is 8.53. The van der Waals surface area contributed by atoms with E-state index in [0.717, 1.165) is 37.2 Å². The van der Waals surface area contributed by atoms with E-state index in [1.54, 1.807) is 0 Å². The normalized spacial score (nSPS) is 14.1. The van der Waals surface area contributed by atoms with Crippen molar-refractivity contribution >= 4 is 17.4 Å². The van der Waals surface area contributed by atoms with Gasteiger partial charge in [-0.15, -0.1) is 0 Å². The van der Waals surface area contributed by atoms with Gasteiger partial charge in [0.25, 0.3) is 0 Å². The first-order valence-electron chi connectivity index (χ1n) is 11.4. The van der Waals surface area contributed by atoms with Crippen molar-refractivity contribution in [3.05, 3.63) is 83.9 Å². The number of carbonyl (C=O) groups excluding carboxylic acids is 1. The average molecular weight is 446 g/mol. The zero-order chi connectivity index (χ0) is 23.0. The van der Waals surface area contributed by atoms with Crippen LogP contribution >= 0.6 is 0 Å². The lowest BCUT2D eigenvalue weighted by Gasteiger charge is -2.33. The molecule has 172 valence electrons. The lowest BCUT2D eigenvalue weighted by Crippen LogP contribution is -2.34. The highest BCUT2D eigenvalue weighted by Crippen LogP contribution is 2.24. The SMILES string of the molecule is Cc1ccc(Oc2ccc(NC(=O)NCc3ccc(N4CCC(CO)CC4)cc3)cc2)cc1. The fourth-order valence-corrected chi connectivity index (χ4v) is 3.90. The minimum Gasteiger partial charge on any atom is -0.457 e. The Bertz CT molecular complexity index is 1030.